The molecule has 2 rings (SSSR count). The molecule has 1 heterocycles. The Labute approximate surface area is 82.2 Å². The van der Waals surface area contributed by atoms with Gasteiger partial charge in [-0.2, -0.15) is 4.57 Å². The minimum absolute atomic E-state index is 0.0219. The number of nitrogens with zero attached hydrogens (tertiary/aromatic N) is 1. The highest BCUT2D eigenvalue weighted by molar-refractivity contribution is 5.50. The molecule has 0 atom stereocenters. The van der Waals surface area contributed by atoms with Gasteiger partial charge in [-0.1, -0.05) is 18.2 Å². The lowest BCUT2D eigenvalue weighted by atomic mass is 10.2. The fourth-order valence-electron chi connectivity index (χ4n) is 1.36. The van der Waals surface area contributed by atoms with Crippen LogP contribution in [0, 0.1) is 6.92 Å². The zero-order valence-corrected chi connectivity index (χ0v) is 8.19. The van der Waals surface area contributed by atoms with Crippen molar-refractivity contribution in [2.75, 3.05) is 0 Å². The lowest BCUT2D eigenvalue weighted by Crippen LogP contribution is -2.31. The Morgan fingerprint density at radius 3 is 2.36 bits per heavy atom. The minimum atomic E-state index is -0.0219. The van der Waals surface area contributed by atoms with Crippen molar-refractivity contribution in [2.24, 2.45) is 7.05 Å². The molecule has 72 valence electrons. The van der Waals surface area contributed by atoms with Gasteiger partial charge in [-0.25, -0.2) is 0 Å². The highest BCUT2D eigenvalue weighted by Crippen LogP contribution is 2.22. The molecule has 14 heavy (non-hydrogen) atoms. The van der Waals surface area contributed by atoms with Gasteiger partial charge in [0.1, 0.15) is 7.05 Å². The number of aromatic hydroxyl groups is 1. The first-order valence-electron chi connectivity index (χ1n) is 4.44. The first-order valence-corrected chi connectivity index (χ1v) is 4.44. The molecule has 0 saturated carbocycles. The zero-order valence-electron chi connectivity index (χ0n) is 8.19. The summed E-state index contributed by atoms with van der Waals surface area (Å²) in [5.41, 5.74) is 1.68. The van der Waals surface area contributed by atoms with Gasteiger partial charge in [-0.15, -0.1) is 0 Å². The average molecular weight is 190 g/mol. The molecule has 0 aliphatic carbocycles. The van der Waals surface area contributed by atoms with Gasteiger partial charge in [0, 0.05) is 6.92 Å². The van der Waals surface area contributed by atoms with E-state index in [1.54, 1.807) is 0 Å². The van der Waals surface area contributed by atoms with Crippen molar-refractivity contribution in [1.82, 2.24) is 0 Å². The number of aromatic nitrogens is 1. The van der Waals surface area contributed by atoms with Gasteiger partial charge in [-0.05, 0) is 12.1 Å². The Hall–Kier alpha value is -1.77. The van der Waals surface area contributed by atoms with Crippen LogP contribution in [0.4, 0.5) is 0 Å². The predicted molar refractivity (Wildman–Crippen MR) is 51.7 cm³/mol. The van der Waals surface area contributed by atoms with E-state index in [1.807, 2.05) is 48.9 Å². The molecule has 0 bridgehead atoms. The Bertz CT molecular complexity index is 446. The Balaban J connectivity index is 2.58. The molecule has 0 fully saturated rings. The van der Waals surface area contributed by atoms with E-state index in [1.165, 1.54) is 0 Å². The Morgan fingerprint density at radius 2 is 1.86 bits per heavy atom. The van der Waals surface area contributed by atoms with E-state index in [0.29, 0.717) is 5.89 Å². The van der Waals surface area contributed by atoms with E-state index in [-0.39, 0.29) is 5.95 Å². The van der Waals surface area contributed by atoms with Crippen LogP contribution >= 0.6 is 0 Å². The van der Waals surface area contributed by atoms with Crippen LogP contribution < -0.4 is 4.57 Å². The van der Waals surface area contributed by atoms with E-state index in [2.05, 4.69) is 0 Å². The lowest BCUT2D eigenvalue weighted by molar-refractivity contribution is -0.668. The molecule has 0 aliphatic rings. The molecule has 2 aromatic rings. The third-order valence-electron chi connectivity index (χ3n) is 2.33. The second kappa shape index (κ2) is 3.18. The maximum absolute atomic E-state index is 9.39. The highest BCUT2D eigenvalue weighted by Gasteiger charge is 2.22. The molecule has 0 aliphatic heterocycles. The molecule has 0 unspecified atom stereocenters. The van der Waals surface area contributed by atoms with Gasteiger partial charge in [0.05, 0.1) is 5.56 Å². The predicted octanol–water partition coefficient (Wildman–Crippen LogP) is 1.79. The van der Waals surface area contributed by atoms with E-state index in [9.17, 15) is 5.11 Å². The first kappa shape index (κ1) is 8.81. The zero-order chi connectivity index (χ0) is 10.1. The van der Waals surface area contributed by atoms with Gasteiger partial charge in [0.25, 0.3) is 5.69 Å². The van der Waals surface area contributed by atoms with E-state index in [4.69, 9.17) is 4.42 Å². The van der Waals surface area contributed by atoms with Gasteiger partial charge >= 0.3 is 11.8 Å². The summed E-state index contributed by atoms with van der Waals surface area (Å²) in [6.07, 6.45) is 0. The molecule has 1 aromatic carbocycles. The van der Waals surface area contributed by atoms with Crippen molar-refractivity contribution in [3.8, 4) is 17.4 Å². The Morgan fingerprint density at radius 1 is 1.21 bits per heavy atom. The van der Waals surface area contributed by atoms with Crippen molar-refractivity contribution in [3.63, 3.8) is 0 Å². The summed E-state index contributed by atoms with van der Waals surface area (Å²) in [7, 11) is 1.86. The third kappa shape index (κ3) is 1.27. The first-order chi connectivity index (χ1) is 6.70. The van der Waals surface area contributed by atoms with Crippen molar-refractivity contribution in [1.29, 1.82) is 0 Å². The lowest BCUT2D eigenvalue weighted by Gasteiger charge is -1.90. The number of hydrogen-bond acceptors (Lipinski definition) is 2. The maximum Gasteiger partial charge on any atom is 0.383 e. The van der Waals surface area contributed by atoms with Crippen LogP contribution in [0.3, 0.4) is 0 Å². The second-order valence-corrected chi connectivity index (χ2v) is 3.22. The summed E-state index contributed by atoms with van der Waals surface area (Å²) in [6, 6.07) is 9.70. The fourth-order valence-corrected chi connectivity index (χ4v) is 1.36. The summed E-state index contributed by atoms with van der Waals surface area (Å²) in [6.45, 7) is 1.81. The van der Waals surface area contributed by atoms with Crippen molar-refractivity contribution in [2.45, 2.75) is 6.92 Å². The summed E-state index contributed by atoms with van der Waals surface area (Å²) in [5, 5.41) is 9.39. The van der Waals surface area contributed by atoms with Crippen molar-refractivity contribution in [3.05, 3.63) is 36.0 Å². The maximum atomic E-state index is 9.39. The topological polar surface area (TPSA) is 37.3 Å². The number of benzene rings is 1. The monoisotopic (exact) mass is 190 g/mol. The SMILES string of the molecule is Cc1c(O)oc(-c2ccccc2)[n+]1C. The molecule has 3 heteroatoms. The summed E-state index contributed by atoms with van der Waals surface area (Å²) in [5.74, 6) is 0.645. The van der Waals surface area contributed by atoms with Gasteiger partial charge in [-0.3, -0.25) is 0 Å². The van der Waals surface area contributed by atoms with E-state index >= 15 is 0 Å². The molecule has 0 amide bonds. The molecule has 0 spiro atoms. The van der Waals surface area contributed by atoms with Crippen LogP contribution in [0.25, 0.3) is 11.5 Å². The number of oxazole rings is 1. The van der Waals surface area contributed by atoms with Crippen LogP contribution in [0.2, 0.25) is 0 Å². The van der Waals surface area contributed by atoms with Crippen molar-refractivity contribution < 1.29 is 14.1 Å². The van der Waals surface area contributed by atoms with Crippen molar-refractivity contribution >= 4 is 0 Å². The molecule has 0 saturated heterocycles. The van der Waals surface area contributed by atoms with E-state index in [0.717, 1.165) is 11.3 Å². The molecule has 1 aromatic heterocycles. The van der Waals surface area contributed by atoms with Gasteiger partial charge < -0.3 is 9.52 Å². The molecular formula is C11H12NO2+. The largest absolute Gasteiger partial charge is 0.476 e. The fraction of sp³-hybridized carbons (Fsp3) is 0.182. The minimum Gasteiger partial charge on any atom is -0.476 e. The summed E-state index contributed by atoms with van der Waals surface area (Å²) in [4.78, 5) is 0. The standard InChI is InChI=1S/C11H11NO2/c1-8-11(13)14-10(12(8)2)9-6-4-3-5-7-9/h3-7H,1-2H3/p+1. The smallest absolute Gasteiger partial charge is 0.383 e. The molecule has 3 nitrogen and oxygen atoms in total. The second-order valence-electron chi connectivity index (χ2n) is 3.22. The molecule has 1 N–H and O–H groups in total. The van der Waals surface area contributed by atoms with Crippen LogP contribution in [0.1, 0.15) is 5.69 Å². The number of rotatable bonds is 1. The van der Waals surface area contributed by atoms with Crippen LogP contribution in [-0.4, -0.2) is 5.11 Å². The van der Waals surface area contributed by atoms with Crippen LogP contribution in [0.15, 0.2) is 34.7 Å². The molecular weight excluding hydrogens is 178 g/mol. The van der Waals surface area contributed by atoms with E-state index < -0.39 is 0 Å². The quantitative estimate of drug-likeness (QED) is 0.696. The van der Waals surface area contributed by atoms with Crippen LogP contribution in [0.5, 0.6) is 5.95 Å². The summed E-state index contributed by atoms with van der Waals surface area (Å²) < 4.78 is 7.07. The average Bonchev–Trinajstić information content (AvgIpc) is 2.47. The third-order valence-corrected chi connectivity index (χ3v) is 2.33. The Kier molecular flexibility index (Phi) is 2.00. The number of hydrogen-bond donors (Lipinski definition) is 1. The molecule has 0 radical (unpaired) electrons. The van der Waals surface area contributed by atoms with Gasteiger partial charge in [0.15, 0.2) is 0 Å². The van der Waals surface area contributed by atoms with Crippen LogP contribution in [-0.2, 0) is 7.05 Å². The normalized spacial score (nSPS) is 10.4. The van der Waals surface area contributed by atoms with Gasteiger partial charge in [0.2, 0.25) is 0 Å². The summed E-state index contributed by atoms with van der Waals surface area (Å²) >= 11 is 0. The highest BCUT2D eigenvalue weighted by atomic mass is 16.5.